The van der Waals surface area contributed by atoms with E-state index in [1.165, 1.54) is 24.4 Å². The largest absolute Gasteiger partial charge is 0.365 e. The minimum Gasteiger partial charge on any atom is -0.365 e. The molecule has 0 radical (unpaired) electrons. The molecule has 0 aliphatic heterocycles. The fourth-order valence-electron chi connectivity index (χ4n) is 3.14. The third-order valence-electron chi connectivity index (χ3n) is 4.87. The number of hydrogen-bond donors (Lipinski definition) is 2. The van der Waals surface area contributed by atoms with Crippen LogP contribution in [0.15, 0.2) is 42.9 Å². The molecule has 0 bridgehead atoms. The van der Waals surface area contributed by atoms with Gasteiger partial charge in [0.15, 0.2) is 5.82 Å². The average Bonchev–Trinajstić information content (AvgIpc) is 2.71. The van der Waals surface area contributed by atoms with Crippen LogP contribution in [0.25, 0.3) is 11.4 Å². The summed E-state index contributed by atoms with van der Waals surface area (Å²) in [7, 11) is 0. The molecule has 6 nitrogen and oxygen atoms in total. The van der Waals surface area contributed by atoms with Gasteiger partial charge in [0, 0.05) is 29.2 Å². The Labute approximate surface area is 179 Å². The van der Waals surface area contributed by atoms with Gasteiger partial charge in [0.05, 0.1) is 16.8 Å². The van der Waals surface area contributed by atoms with Crippen molar-refractivity contribution in [2.45, 2.75) is 39.0 Å². The molecule has 1 aliphatic rings. The Morgan fingerprint density at radius 2 is 2.00 bits per heavy atom. The Hall–Kier alpha value is -3.06. The number of carbonyl (C=O) groups is 1. The summed E-state index contributed by atoms with van der Waals surface area (Å²) < 4.78 is 14.3. The first-order valence-electron chi connectivity index (χ1n) is 9.86. The van der Waals surface area contributed by atoms with Crippen LogP contribution < -0.4 is 11.1 Å². The zero-order valence-corrected chi connectivity index (χ0v) is 17.6. The van der Waals surface area contributed by atoms with Crippen LogP contribution in [0.3, 0.4) is 0 Å². The van der Waals surface area contributed by atoms with Crippen LogP contribution in [0.5, 0.6) is 0 Å². The molecule has 1 aliphatic carbocycles. The van der Waals surface area contributed by atoms with E-state index in [0.29, 0.717) is 22.4 Å². The lowest BCUT2D eigenvalue weighted by Crippen LogP contribution is -2.16. The SMILES string of the molecule is CC.NC(=O)c1cnccc1Nc1nc(-c2cc(Cl)ccc2F)ncc1C1CCC1. The Bertz CT molecular complexity index is 1060. The molecule has 3 aromatic rings. The normalized spacial score (nSPS) is 13.1. The maximum absolute atomic E-state index is 14.3. The number of nitrogens with zero attached hydrogens (tertiary/aromatic N) is 3. The third-order valence-corrected chi connectivity index (χ3v) is 5.11. The van der Waals surface area contributed by atoms with E-state index in [-0.39, 0.29) is 17.0 Å². The van der Waals surface area contributed by atoms with Crippen LogP contribution >= 0.6 is 11.6 Å². The first kappa shape index (κ1) is 21.6. The molecular weight excluding hydrogens is 405 g/mol. The number of amides is 1. The number of rotatable bonds is 5. The van der Waals surface area contributed by atoms with E-state index in [4.69, 9.17) is 17.3 Å². The summed E-state index contributed by atoms with van der Waals surface area (Å²) in [5, 5.41) is 3.56. The number of pyridine rings is 1. The summed E-state index contributed by atoms with van der Waals surface area (Å²) in [4.78, 5) is 24.6. The van der Waals surface area contributed by atoms with Gasteiger partial charge in [-0.15, -0.1) is 0 Å². The van der Waals surface area contributed by atoms with Gasteiger partial charge in [0.25, 0.3) is 5.91 Å². The van der Waals surface area contributed by atoms with Gasteiger partial charge < -0.3 is 11.1 Å². The summed E-state index contributed by atoms with van der Waals surface area (Å²) in [5.41, 5.74) is 7.31. The van der Waals surface area contributed by atoms with Crippen molar-refractivity contribution < 1.29 is 9.18 Å². The molecule has 0 saturated heterocycles. The molecule has 0 spiro atoms. The van der Waals surface area contributed by atoms with Gasteiger partial charge in [0.1, 0.15) is 11.6 Å². The van der Waals surface area contributed by atoms with E-state index in [9.17, 15) is 9.18 Å². The zero-order chi connectivity index (χ0) is 21.7. The van der Waals surface area contributed by atoms with Crippen molar-refractivity contribution in [2.24, 2.45) is 5.73 Å². The summed E-state index contributed by atoms with van der Waals surface area (Å²) in [6.45, 7) is 4.00. The molecule has 2 heterocycles. The smallest absolute Gasteiger partial charge is 0.252 e. The quantitative estimate of drug-likeness (QED) is 0.563. The van der Waals surface area contributed by atoms with E-state index in [1.807, 2.05) is 13.8 Å². The molecule has 156 valence electrons. The van der Waals surface area contributed by atoms with Gasteiger partial charge in [-0.2, -0.15) is 0 Å². The van der Waals surface area contributed by atoms with Crippen LogP contribution in [0.1, 0.15) is 54.9 Å². The van der Waals surface area contributed by atoms with E-state index in [0.717, 1.165) is 24.8 Å². The number of aromatic nitrogens is 3. The van der Waals surface area contributed by atoms with Crippen molar-refractivity contribution in [3.63, 3.8) is 0 Å². The number of nitrogens with one attached hydrogen (secondary N) is 1. The second kappa shape index (κ2) is 9.63. The number of anilines is 2. The standard InChI is InChI=1S/C20H17ClFN5O.C2H6/c21-12-4-5-16(22)13(8-12)19-25-10-14(11-2-1-3-11)20(27-19)26-17-6-7-24-9-15(17)18(23)28;1-2/h4-11H,1-3H2,(H2,23,28)(H,24,25,26,27);1-2H3. The highest BCUT2D eigenvalue weighted by atomic mass is 35.5. The lowest BCUT2D eigenvalue weighted by Gasteiger charge is -2.27. The van der Waals surface area contributed by atoms with Crippen molar-refractivity contribution in [1.29, 1.82) is 0 Å². The summed E-state index contributed by atoms with van der Waals surface area (Å²) in [6.07, 6.45) is 7.85. The fourth-order valence-corrected chi connectivity index (χ4v) is 3.31. The second-order valence-corrected chi connectivity index (χ2v) is 7.10. The highest BCUT2D eigenvalue weighted by Gasteiger charge is 2.25. The number of benzene rings is 1. The number of hydrogen-bond acceptors (Lipinski definition) is 5. The van der Waals surface area contributed by atoms with Crippen LogP contribution in [-0.4, -0.2) is 20.9 Å². The number of halogens is 2. The lowest BCUT2D eigenvalue weighted by molar-refractivity contribution is 0.100. The monoisotopic (exact) mass is 427 g/mol. The zero-order valence-electron chi connectivity index (χ0n) is 16.8. The molecule has 3 N–H and O–H groups in total. The molecule has 1 fully saturated rings. The molecule has 1 aromatic carbocycles. The van der Waals surface area contributed by atoms with Crippen molar-refractivity contribution in [3.05, 3.63) is 64.8 Å². The first-order chi connectivity index (χ1) is 14.5. The maximum atomic E-state index is 14.3. The van der Waals surface area contributed by atoms with Crippen molar-refractivity contribution in [2.75, 3.05) is 5.32 Å². The molecule has 4 rings (SSSR count). The summed E-state index contributed by atoms with van der Waals surface area (Å²) in [6, 6.07) is 5.88. The Morgan fingerprint density at radius 3 is 2.67 bits per heavy atom. The van der Waals surface area contributed by atoms with E-state index in [1.54, 1.807) is 18.5 Å². The van der Waals surface area contributed by atoms with Crippen LogP contribution in [0, 0.1) is 5.82 Å². The number of nitrogens with two attached hydrogens (primary N) is 1. The lowest BCUT2D eigenvalue weighted by atomic mass is 9.80. The molecule has 1 saturated carbocycles. The Balaban J connectivity index is 0.00000124. The maximum Gasteiger partial charge on any atom is 0.252 e. The number of carbonyl (C=O) groups excluding carboxylic acids is 1. The predicted molar refractivity (Wildman–Crippen MR) is 116 cm³/mol. The van der Waals surface area contributed by atoms with Crippen LogP contribution in [0.2, 0.25) is 5.02 Å². The van der Waals surface area contributed by atoms with E-state index < -0.39 is 11.7 Å². The second-order valence-electron chi connectivity index (χ2n) is 6.66. The minimum atomic E-state index is -0.601. The molecule has 8 heteroatoms. The van der Waals surface area contributed by atoms with E-state index >= 15 is 0 Å². The Kier molecular flexibility index (Phi) is 6.95. The van der Waals surface area contributed by atoms with Gasteiger partial charge in [-0.3, -0.25) is 9.78 Å². The van der Waals surface area contributed by atoms with Gasteiger partial charge in [-0.25, -0.2) is 14.4 Å². The van der Waals surface area contributed by atoms with Crippen molar-refractivity contribution in [3.8, 4) is 11.4 Å². The molecule has 30 heavy (non-hydrogen) atoms. The molecular formula is C22H23ClFN5O. The van der Waals surface area contributed by atoms with Gasteiger partial charge in [0.2, 0.25) is 0 Å². The number of primary amides is 1. The summed E-state index contributed by atoms with van der Waals surface area (Å²) in [5.74, 6) is -0.0212. The minimum absolute atomic E-state index is 0.209. The highest BCUT2D eigenvalue weighted by molar-refractivity contribution is 6.30. The fraction of sp³-hybridized carbons (Fsp3) is 0.273. The summed E-state index contributed by atoms with van der Waals surface area (Å²) >= 11 is 6.01. The van der Waals surface area contributed by atoms with Crippen molar-refractivity contribution in [1.82, 2.24) is 15.0 Å². The molecule has 2 aromatic heterocycles. The van der Waals surface area contributed by atoms with Gasteiger partial charge >= 0.3 is 0 Å². The van der Waals surface area contributed by atoms with Crippen LogP contribution in [0.4, 0.5) is 15.9 Å². The Morgan fingerprint density at radius 1 is 1.23 bits per heavy atom. The first-order valence-corrected chi connectivity index (χ1v) is 10.2. The average molecular weight is 428 g/mol. The van der Waals surface area contributed by atoms with E-state index in [2.05, 4.69) is 20.3 Å². The molecule has 1 amide bonds. The van der Waals surface area contributed by atoms with Crippen LogP contribution in [-0.2, 0) is 0 Å². The third kappa shape index (κ3) is 4.57. The molecule has 0 atom stereocenters. The van der Waals surface area contributed by atoms with Gasteiger partial charge in [-0.05, 0) is 43.0 Å². The van der Waals surface area contributed by atoms with Gasteiger partial charge in [-0.1, -0.05) is 31.9 Å². The topological polar surface area (TPSA) is 93.8 Å². The van der Waals surface area contributed by atoms with Crippen molar-refractivity contribution >= 4 is 29.0 Å². The predicted octanol–water partition coefficient (Wildman–Crippen LogP) is 5.47. The highest BCUT2D eigenvalue weighted by Crippen LogP contribution is 2.40. The molecule has 0 unspecified atom stereocenters.